The van der Waals surface area contributed by atoms with Crippen molar-refractivity contribution in [2.75, 3.05) is 0 Å². The SMILES string of the molecule is [N-]=[N+]=C[Si-]. The zero-order chi connectivity index (χ0) is 3.41. The summed E-state index contributed by atoms with van der Waals surface area (Å²) in [7, 11) is 2.75. The summed E-state index contributed by atoms with van der Waals surface area (Å²) in [5, 5.41) is 0. The van der Waals surface area contributed by atoms with Crippen LogP contribution >= 0.6 is 0 Å². The van der Waals surface area contributed by atoms with Crippen LogP contribution in [0, 0.1) is 0 Å². The molecule has 0 aromatic rings. The summed E-state index contributed by atoms with van der Waals surface area (Å²) in [6.07, 6.45) is 0. The zero-order valence-corrected chi connectivity index (χ0v) is 2.97. The molecule has 0 unspecified atom stereocenters. The first-order valence-electron chi connectivity index (χ1n) is 0.747. The van der Waals surface area contributed by atoms with Gasteiger partial charge in [-0.1, -0.05) is 0 Å². The molecular formula is CHN2Si-. The quantitative estimate of drug-likeness (QED) is 0.158. The second-order valence-electron chi connectivity index (χ2n) is 0.245. The third-order valence-corrected chi connectivity index (χ3v) is 0.173. The van der Waals surface area contributed by atoms with Gasteiger partial charge in [-0.25, -0.2) is 4.79 Å². The van der Waals surface area contributed by atoms with Gasteiger partial charge < -0.3 is 15.8 Å². The standard InChI is InChI=1S/CHN2Si/c2-3-1-4/h1H/q-1. The largest absolute Gasteiger partial charge is 0.545 e. The van der Waals surface area contributed by atoms with E-state index in [1.54, 1.807) is 0 Å². The minimum atomic E-state index is 1.11. The molecule has 0 aliphatic rings. The Morgan fingerprint density at radius 1 is 2.00 bits per heavy atom. The number of rotatable bonds is 0. The van der Waals surface area contributed by atoms with Gasteiger partial charge in [0, 0.05) is 5.84 Å². The molecule has 0 aromatic carbocycles. The molecule has 0 rings (SSSR count). The number of hydrogen-bond acceptors (Lipinski definition) is 0. The van der Waals surface area contributed by atoms with Crippen LogP contribution in [-0.2, 0) is 0 Å². The number of hydrogen-bond donors (Lipinski definition) is 0. The van der Waals surface area contributed by atoms with Crippen molar-refractivity contribution in [1.82, 2.24) is 0 Å². The minimum Gasteiger partial charge on any atom is -0.545 e. The van der Waals surface area contributed by atoms with Crippen LogP contribution in [0.5, 0.6) is 0 Å². The van der Waals surface area contributed by atoms with Gasteiger partial charge in [-0.2, -0.15) is 0 Å². The van der Waals surface area contributed by atoms with Crippen molar-refractivity contribution in [2.24, 2.45) is 0 Å². The van der Waals surface area contributed by atoms with Gasteiger partial charge in [-0.15, -0.1) is 0 Å². The molecule has 0 saturated heterocycles. The highest BCUT2D eigenvalue weighted by Gasteiger charge is 1.13. The first kappa shape index (κ1) is 3.60. The molecule has 0 N–H and O–H groups in total. The van der Waals surface area contributed by atoms with Crippen molar-refractivity contribution >= 4 is 16.1 Å². The predicted octanol–water partition coefficient (Wildman–Crippen LogP) is -0.587. The molecule has 0 atom stereocenters. The summed E-state index contributed by atoms with van der Waals surface area (Å²) in [5.74, 6) is 1.11. The summed E-state index contributed by atoms with van der Waals surface area (Å²) in [4.78, 5) is 2.52. The third-order valence-electron chi connectivity index (χ3n) is 0.0577. The Bertz CT molecular complexity index is 44.0. The Balaban J connectivity index is 3.11. The van der Waals surface area contributed by atoms with E-state index in [4.69, 9.17) is 5.53 Å². The smallest absolute Gasteiger partial charge is 0.0363 e. The second kappa shape index (κ2) is 2.60. The second-order valence-corrected chi connectivity index (χ2v) is 0.503. The topological polar surface area (TPSA) is 36.4 Å². The average Bonchev–Trinajstić information content (AvgIpc) is 1.37. The maximum absolute atomic E-state index is 7.40. The fourth-order valence-electron chi connectivity index (χ4n) is 0. The summed E-state index contributed by atoms with van der Waals surface area (Å²) in [6.45, 7) is 0. The molecule has 3 heteroatoms. The van der Waals surface area contributed by atoms with E-state index in [0.717, 1.165) is 5.84 Å². The fourth-order valence-corrected chi connectivity index (χ4v) is 0. The van der Waals surface area contributed by atoms with Gasteiger partial charge in [0.05, 0.1) is 0 Å². The first-order valence-corrected chi connectivity index (χ1v) is 1.32. The Kier molecular flexibility index (Phi) is 2.34. The fraction of sp³-hybridized carbons (Fsp3) is 0. The molecule has 2 radical (unpaired) electrons. The molecule has 0 fully saturated rings. The van der Waals surface area contributed by atoms with Crippen LogP contribution < -0.4 is 0 Å². The van der Waals surface area contributed by atoms with Gasteiger partial charge >= 0.3 is 0 Å². The van der Waals surface area contributed by atoms with E-state index in [-0.39, 0.29) is 0 Å². The summed E-state index contributed by atoms with van der Waals surface area (Å²) in [6, 6.07) is 0. The lowest BCUT2D eigenvalue weighted by molar-refractivity contribution is 0.00769. The van der Waals surface area contributed by atoms with Gasteiger partial charge in [-0.05, 0) is 0 Å². The molecule has 0 aliphatic heterocycles. The lowest BCUT2D eigenvalue weighted by Crippen LogP contribution is -1.60. The lowest BCUT2D eigenvalue weighted by atomic mass is 11.7. The molecule has 2 nitrogen and oxygen atoms in total. The van der Waals surface area contributed by atoms with Crippen molar-refractivity contribution in [3.8, 4) is 0 Å². The van der Waals surface area contributed by atoms with E-state index >= 15 is 0 Å². The molecular weight excluding hydrogens is 68.1 g/mol. The van der Waals surface area contributed by atoms with E-state index in [1.165, 1.54) is 0 Å². The molecule has 0 amide bonds. The van der Waals surface area contributed by atoms with E-state index in [0.29, 0.717) is 0 Å². The monoisotopic (exact) mass is 69.0 g/mol. The Hall–Kier alpha value is -0.403. The van der Waals surface area contributed by atoms with Gasteiger partial charge in [-0.3, -0.25) is 0 Å². The van der Waals surface area contributed by atoms with E-state index in [1.807, 2.05) is 0 Å². The van der Waals surface area contributed by atoms with Crippen LogP contribution in [-0.4, -0.2) is 20.9 Å². The van der Waals surface area contributed by atoms with Crippen molar-refractivity contribution in [3.63, 3.8) is 0 Å². The molecule has 0 spiro atoms. The Morgan fingerprint density at radius 2 is 2.25 bits per heavy atom. The molecule has 0 aromatic heterocycles. The molecule has 0 saturated carbocycles. The van der Waals surface area contributed by atoms with Crippen molar-refractivity contribution in [2.45, 2.75) is 0 Å². The maximum atomic E-state index is 7.40. The van der Waals surface area contributed by atoms with Gasteiger partial charge in [0.2, 0.25) is 0 Å². The van der Waals surface area contributed by atoms with Crippen LogP contribution in [0.15, 0.2) is 0 Å². The maximum Gasteiger partial charge on any atom is 0.0363 e. The lowest BCUT2D eigenvalue weighted by Gasteiger charge is -1.54. The van der Waals surface area contributed by atoms with Crippen LogP contribution in [0.4, 0.5) is 0 Å². The Morgan fingerprint density at radius 3 is 2.25 bits per heavy atom. The molecule has 0 bridgehead atoms. The van der Waals surface area contributed by atoms with Gasteiger partial charge in [0.25, 0.3) is 0 Å². The van der Waals surface area contributed by atoms with E-state index in [2.05, 4.69) is 15.0 Å². The molecule has 20 valence electrons. The van der Waals surface area contributed by atoms with Crippen molar-refractivity contribution in [3.05, 3.63) is 5.53 Å². The normalized spacial score (nSPS) is 4.00. The van der Waals surface area contributed by atoms with Crippen LogP contribution in [0.3, 0.4) is 0 Å². The van der Waals surface area contributed by atoms with Crippen LogP contribution in [0.2, 0.25) is 0 Å². The zero-order valence-electron chi connectivity index (χ0n) is 1.97. The van der Waals surface area contributed by atoms with Crippen molar-refractivity contribution < 1.29 is 4.79 Å². The molecule has 4 heavy (non-hydrogen) atoms. The third kappa shape index (κ3) is 1.60. The van der Waals surface area contributed by atoms with E-state index in [9.17, 15) is 0 Å². The highest BCUT2D eigenvalue weighted by atomic mass is 28.1. The number of nitrogens with zero attached hydrogens (tertiary/aromatic N) is 2. The molecule has 0 heterocycles. The molecule has 0 aliphatic carbocycles. The summed E-state index contributed by atoms with van der Waals surface area (Å²) in [5.41, 5.74) is 7.40. The van der Waals surface area contributed by atoms with Crippen molar-refractivity contribution in [1.29, 1.82) is 0 Å². The van der Waals surface area contributed by atoms with Gasteiger partial charge in [0.1, 0.15) is 0 Å². The van der Waals surface area contributed by atoms with Crippen LogP contribution in [0.1, 0.15) is 0 Å². The first-order chi connectivity index (χ1) is 1.91. The highest BCUT2D eigenvalue weighted by Crippen LogP contribution is 1.07. The highest BCUT2D eigenvalue weighted by molar-refractivity contribution is 6.48. The Labute approximate surface area is 27.5 Å². The van der Waals surface area contributed by atoms with E-state index < -0.39 is 0 Å². The van der Waals surface area contributed by atoms with Crippen LogP contribution in [0.25, 0.3) is 5.53 Å². The summed E-state index contributed by atoms with van der Waals surface area (Å²) < 4.78 is 0. The summed E-state index contributed by atoms with van der Waals surface area (Å²) >= 11 is 0. The average molecular weight is 69.1 g/mol. The minimum absolute atomic E-state index is 1.11. The van der Waals surface area contributed by atoms with Gasteiger partial charge in [0.15, 0.2) is 0 Å². The predicted molar refractivity (Wildman–Crippen MR) is 15.4 cm³/mol.